The van der Waals surface area contributed by atoms with Crippen molar-refractivity contribution in [1.29, 1.82) is 0 Å². The van der Waals surface area contributed by atoms with E-state index in [0.717, 1.165) is 32.5 Å². The van der Waals surface area contributed by atoms with Crippen LogP contribution in [0.15, 0.2) is 22.7 Å². The molecule has 2 heterocycles. The van der Waals surface area contributed by atoms with Gasteiger partial charge in [0.05, 0.1) is 4.47 Å². The third kappa shape index (κ3) is 2.54. The van der Waals surface area contributed by atoms with Crippen molar-refractivity contribution < 1.29 is 9.18 Å². The van der Waals surface area contributed by atoms with Gasteiger partial charge in [-0.3, -0.25) is 4.79 Å². The maximum atomic E-state index is 13.5. The molecule has 0 saturated carbocycles. The van der Waals surface area contributed by atoms with Gasteiger partial charge in [0.1, 0.15) is 5.82 Å². The van der Waals surface area contributed by atoms with E-state index in [2.05, 4.69) is 21.2 Å². The largest absolute Gasteiger partial charge is 0.338 e. The summed E-state index contributed by atoms with van der Waals surface area (Å²) in [6.45, 7) is 2.59. The monoisotopic (exact) mass is 326 g/mol. The lowest BCUT2D eigenvalue weighted by molar-refractivity contribution is 0.0661. The van der Waals surface area contributed by atoms with Gasteiger partial charge in [-0.1, -0.05) is 0 Å². The lowest BCUT2D eigenvalue weighted by Crippen LogP contribution is -2.46. The van der Waals surface area contributed by atoms with Crippen LogP contribution >= 0.6 is 15.9 Å². The van der Waals surface area contributed by atoms with Gasteiger partial charge in [0.15, 0.2) is 0 Å². The first-order chi connectivity index (χ1) is 9.15. The molecule has 3 nitrogen and oxygen atoms in total. The third-order valence-electron chi connectivity index (χ3n) is 4.11. The summed E-state index contributed by atoms with van der Waals surface area (Å²) in [5.74, 6) is 0.109. The van der Waals surface area contributed by atoms with Gasteiger partial charge in [0.25, 0.3) is 5.91 Å². The van der Waals surface area contributed by atoms with Gasteiger partial charge < -0.3 is 10.2 Å². The number of halogens is 2. The number of benzene rings is 1. The highest BCUT2D eigenvalue weighted by molar-refractivity contribution is 9.10. The molecule has 0 aliphatic carbocycles. The van der Waals surface area contributed by atoms with Crippen LogP contribution in [-0.2, 0) is 0 Å². The molecule has 1 aromatic rings. The van der Waals surface area contributed by atoms with E-state index in [-0.39, 0.29) is 11.7 Å². The Hall–Kier alpha value is -0.940. The molecule has 2 fully saturated rings. The molecule has 0 bridgehead atoms. The molecule has 3 rings (SSSR count). The van der Waals surface area contributed by atoms with Gasteiger partial charge in [-0.15, -0.1) is 0 Å². The minimum Gasteiger partial charge on any atom is -0.338 e. The van der Waals surface area contributed by atoms with E-state index < -0.39 is 0 Å². The highest BCUT2D eigenvalue weighted by atomic mass is 79.9. The molecule has 1 N–H and O–H groups in total. The number of amides is 1. The molecule has 102 valence electrons. The first-order valence-corrected chi connectivity index (χ1v) is 7.42. The Bertz CT molecular complexity index is 508. The Morgan fingerprint density at radius 1 is 1.42 bits per heavy atom. The first kappa shape index (κ1) is 13.1. The predicted octanol–water partition coefficient (Wildman–Crippen LogP) is 2.41. The number of nitrogens with one attached hydrogen (secondary N) is 1. The average Bonchev–Trinajstić information content (AvgIpc) is 2.88. The molecule has 2 aliphatic heterocycles. The molecular weight excluding hydrogens is 311 g/mol. The third-order valence-corrected chi connectivity index (χ3v) is 4.75. The zero-order valence-corrected chi connectivity index (χ0v) is 12.1. The fraction of sp³-hybridized carbons (Fsp3) is 0.500. The number of carbonyl (C=O) groups is 1. The number of fused-ring (bicyclic) bond motifs is 1. The fourth-order valence-corrected chi connectivity index (χ4v) is 3.29. The van der Waals surface area contributed by atoms with Crippen LogP contribution < -0.4 is 5.32 Å². The van der Waals surface area contributed by atoms with Gasteiger partial charge >= 0.3 is 0 Å². The Kier molecular flexibility index (Phi) is 3.58. The number of likely N-dealkylation sites (tertiary alicyclic amines) is 1. The second kappa shape index (κ2) is 5.21. The smallest absolute Gasteiger partial charge is 0.253 e. The maximum absolute atomic E-state index is 13.5. The number of rotatable bonds is 1. The van der Waals surface area contributed by atoms with Gasteiger partial charge in [0, 0.05) is 24.7 Å². The van der Waals surface area contributed by atoms with E-state index in [1.165, 1.54) is 6.07 Å². The molecule has 1 aromatic carbocycles. The van der Waals surface area contributed by atoms with Crippen molar-refractivity contribution in [3.63, 3.8) is 0 Å². The predicted molar refractivity (Wildman–Crippen MR) is 74.5 cm³/mol. The average molecular weight is 327 g/mol. The Labute approximate surface area is 120 Å². The van der Waals surface area contributed by atoms with Crippen molar-refractivity contribution in [2.24, 2.45) is 5.92 Å². The van der Waals surface area contributed by atoms with Crippen molar-refractivity contribution in [2.45, 2.75) is 18.9 Å². The molecule has 5 heteroatoms. The van der Waals surface area contributed by atoms with E-state index in [1.807, 2.05) is 4.90 Å². The van der Waals surface area contributed by atoms with E-state index >= 15 is 0 Å². The van der Waals surface area contributed by atoms with Gasteiger partial charge in [-0.25, -0.2) is 4.39 Å². The minimum absolute atomic E-state index is 0.0586. The highest BCUT2D eigenvalue weighted by Crippen LogP contribution is 2.26. The SMILES string of the molecule is O=C(c1ccc(Br)c(F)c1)N1CCC2NCCC2C1. The number of carbonyl (C=O) groups excluding carboxylic acids is 1. The van der Waals surface area contributed by atoms with Crippen molar-refractivity contribution in [2.75, 3.05) is 19.6 Å². The zero-order chi connectivity index (χ0) is 13.4. The number of hydrogen-bond acceptors (Lipinski definition) is 2. The Balaban J connectivity index is 1.74. The Morgan fingerprint density at radius 3 is 3.05 bits per heavy atom. The Morgan fingerprint density at radius 2 is 2.26 bits per heavy atom. The number of piperidine rings is 1. The summed E-state index contributed by atoms with van der Waals surface area (Å²) in [4.78, 5) is 14.2. The van der Waals surface area contributed by atoms with Crippen LogP contribution in [0, 0.1) is 11.7 Å². The zero-order valence-electron chi connectivity index (χ0n) is 10.5. The lowest BCUT2D eigenvalue weighted by Gasteiger charge is -2.34. The number of nitrogens with zero attached hydrogens (tertiary/aromatic N) is 1. The van der Waals surface area contributed by atoms with E-state index in [9.17, 15) is 9.18 Å². The fourth-order valence-electron chi connectivity index (χ4n) is 3.04. The van der Waals surface area contributed by atoms with Crippen LogP contribution in [0.2, 0.25) is 0 Å². The van der Waals surface area contributed by atoms with Crippen LogP contribution in [0.3, 0.4) is 0 Å². The first-order valence-electron chi connectivity index (χ1n) is 6.63. The maximum Gasteiger partial charge on any atom is 0.253 e. The molecule has 1 amide bonds. The van der Waals surface area contributed by atoms with E-state index in [1.54, 1.807) is 12.1 Å². The number of hydrogen-bond donors (Lipinski definition) is 1. The van der Waals surface area contributed by atoms with Gasteiger partial charge in [-0.05, 0) is 59.4 Å². The normalized spacial score (nSPS) is 26.3. The lowest BCUT2D eigenvalue weighted by atomic mass is 9.93. The molecule has 2 saturated heterocycles. The molecular formula is C14H16BrFN2O. The minimum atomic E-state index is -0.386. The summed E-state index contributed by atoms with van der Waals surface area (Å²) in [5, 5.41) is 3.47. The molecule has 0 spiro atoms. The van der Waals surface area contributed by atoms with Crippen LogP contribution in [0.1, 0.15) is 23.2 Å². The van der Waals surface area contributed by atoms with Crippen LogP contribution in [0.5, 0.6) is 0 Å². The molecule has 0 radical (unpaired) electrons. The molecule has 0 aromatic heterocycles. The summed E-state index contributed by atoms with van der Waals surface area (Å²) in [6.07, 6.45) is 2.12. The molecule has 2 atom stereocenters. The van der Waals surface area contributed by atoms with Crippen molar-refractivity contribution in [1.82, 2.24) is 10.2 Å². The quantitative estimate of drug-likeness (QED) is 0.859. The summed E-state index contributed by atoms with van der Waals surface area (Å²) in [5.41, 5.74) is 0.435. The van der Waals surface area contributed by atoms with Crippen LogP contribution in [0.25, 0.3) is 0 Å². The second-order valence-corrected chi connectivity index (χ2v) is 6.13. The van der Waals surface area contributed by atoms with Crippen molar-refractivity contribution in [3.8, 4) is 0 Å². The van der Waals surface area contributed by atoms with E-state index in [4.69, 9.17) is 0 Å². The van der Waals surface area contributed by atoms with Gasteiger partial charge in [0.2, 0.25) is 0 Å². The van der Waals surface area contributed by atoms with Gasteiger partial charge in [-0.2, -0.15) is 0 Å². The van der Waals surface area contributed by atoms with Crippen molar-refractivity contribution >= 4 is 21.8 Å². The van der Waals surface area contributed by atoms with E-state index in [0.29, 0.717) is 22.0 Å². The second-order valence-electron chi connectivity index (χ2n) is 5.28. The molecule has 2 aliphatic rings. The summed E-state index contributed by atoms with van der Waals surface area (Å²) >= 11 is 3.10. The summed E-state index contributed by atoms with van der Waals surface area (Å²) < 4.78 is 13.9. The standard InChI is InChI=1S/C14H16BrFN2O/c15-11-2-1-9(7-12(11)16)14(19)18-6-4-13-10(8-18)3-5-17-13/h1-2,7,10,13,17H,3-6,8H2. The summed E-state index contributed by atoms with van der Waals surface area (Å²) in [6, 6.07) is 5.14. The van der Waals surface area contributed by atoms with Crippen molar-refractivity contribution in [3.05, 3.63) is 34.1 Å². The van der Waals surface area contributed by atoms with Crippen LogP contribution in [0.4, 0.5) is 4.39 Å². The summed E-state index contributed by atoms with van der Waals surface area (Å²) in [7, 11) is 0. The topological polar surface area (TPSA) is 32.3 Å². The van der Waals surface area contributed by atoms with Crippen LogP contribution in [-0.4, -0.2) is 36.5 Å². The molecule has 19 heavy (non-hydrogen) atoms. The molecule has 2 unspecified atom stereocenters. The highest BCUT2D eigenvalue weighted by Gasteiger charge is 2.34.